The number of hydrogen-bond donors (Lipinski definition) is 2. The minimum atomic E-state index is -4.40. The predicted molar refractivity (Wildman–Crippen MR) is 87.4 cm³/mol. The van der Waals surface area contributed by atoms with Gasteiger partial charge in [0.05, 0.1) is 23.2 Å². The number of nitrogens with one attached hydrogen (secondary N) is 1. The van der Waals surface area contributed by atoms with Gasteiger partial charge >= 0.3 is 6.18 Å². The average molecular weight is 380 g/mol. The highest BCUT2D eigenvalue weighted by atomic mass is 19.4. The van der Waals surface area contributed by atoms with Gasteiger partial charge in [0, 0.05) is 31.7 Å². The summed E-state index contributed by atoms with van der Waals surface area (Å²) in [5.41, 5.74) is 0.921. The van der Waals surface area contributed by atoms with Crippen molar-refractivity contribution >= 4 is 17.7 Å². The van der Waals surface area contributed by atoms with E-state index in [9.17, 15) is 18.0 Å². The first kappa shape index (κ1) is 17.5. The SMILES string of the molecule is O=C(NO)c1cnc(N2C[C@H]3C[C@H]2CN3c2cc(C(F)(F)F)ccn2)nc1. The van der Waals surface area contributed by atoms with Crippen molar-refractivity contribution in [1.82, 2.24) is 20.4 Å². The van der Waals surface area contributed by atoms with Gasteiger partial charge < -0.3 is 9.80 Å². The molecule has 2 aromatic heterocycles. The lowest BCUT2D eigenvalue weighted by Gasteiger charge is -2.35. The van der Waals surface area contributed by atoms with Crippen LogP contribution in [0, 0.1) is 0 Å². The third-order valence-corrected chi connectivity index (χ3v) is 4.87. The fourth-order valence-electron chi connectivity index (χ4n) is 3.60. The molecule has 4 rings (SSSR count). The number of hydroxylamine groups is 1. The topological polar surface area (TPSA) is 94.5 Å². The molecule has 8 nitrogen and oxygen atoms in total. The Balaban J connectivity index is 1.49. The molecular formula is C16H15F3N6O2. The number of fused-ring (bicyclic) bond motifs is 2. The maximum Gasteiger partial charge on any atom is 0.416 e. The molecule has 11 heteroatoms. The molecule has 2 fully saturated rings. The maximum absolute atomic E-state index is 12.9. The van der Waals surface area contributed by atoms with Crippen LogP contribution in [0.25, 0.3) is 0 Å². The molecule has 0 spiro atoms. The number of alkyl halides is 3. The lowest BCUT2D eigenvalue weighted by Crippen LogP contribution is -2.47. The lowest BCUT2D eigenvalue weighted by molar-refractivity contribution is -0.137. The van der Waals surface area contributed by atoms with Crippen molar-refractivity contribution in [1.29, 1.82) is 0 Å². The van der Waals surface area contributed by atoms with Crippen molar-refractivity contribution < 1.29 is 23.2 Å². The smallest absolute Gasteiger partial charge is 0.350 e. The number of anilines is 2. The Hall–Kier alpha value is -2.95. The summed E-state index contributed by atoms with van der Waals surface area (Å²) in [5, 5.41) is 8.61. The summed E-state index contributed by atoms with van der Waals surface area (Å²) in [6.45, 7) is 1.06. The van der Waals surface area contributed by atoms with E-state index in [-0.39, 0.29) is 17.6 Å². The van der Waals surface area contributed by atoms with E-state index < -0.39 is 17.6 Å². The van der Waals surface area contributed by atoms with Gasteiger partial charge in [0.25, 0.3) is 5.91 Å². The van der Waals surface area contributed by atoms with Crippen LogP contribution in [0.15, 0.2) is 30.7 Å². The number of hydrogen-bond acceptors (Lipinski definition) is 7. The maximum atomic E-state index is 12.9. The van der Waals surface area contributed by atoms with E-state index in [2.05, 4.69) is 15.0 Å². The first-order valence-electron chi connectivity index (χ1n) is 8.20. The van der Waals surface area contributed by atoms with Gasteiger partial charge in [0.15, 0.2) is 0 Å². The Labute approximate surface area is 151 Å². The molecule has 0 aliphatic carbocycles. The van der Waals surface area contributed by atoms with Gasteiger partial charge in [0.1, 0.15) is 5.82 Å². The Bertz CT molecular complexity index is 860. The second kappa shape index (κ2) is 6.34. The number of aromatic nitrogens is 3. The van der Waals surface area contributed by atoms with Crippen molar-refractivity contribution in [2.75, 3.05) is 22.9 Å². The molecule has 1 amide bonds. The summed E-state index contributed by atoms with van der Waals surface area (Å²) in [7, 11) is 0. The first-order chi connectivity index (χ1) is 12.9. The van der Waals surface area contributed by atoms with Gasteiger partial charge in [-0.05, 0) is 18.6 Å². The van der Waals surface area contributed by atoms with Crippen LogP contribution in [0.5, 0.6) is 0 Å². The molecule has 142 valence electrons. The fourth-order valence-corrected chi connectivity index (χ4v) is 3.60. The fraction of sp³-hybridized carbons (Fsp3) is 0.375. The van der Waals surface area contributed by atoms with Crippen molar-refractivity contribution in [2.45, 2.75) is 24.7 Å². The van der Waals surface area contributed by atoms with Crippen LogP contribution < -0.4 is 15.3 Å². The molecule has 2 aromatic rings. The van der Waals surface area contributed by atoms with Crippen LogP contribution in [-0.2, 0) is 6.18 Å². The molecule has 0 radical (unpaired) electrons. The number of carbonyl (C=O) groups is 1. The zero-order chi connectivity index (χ0) is 19.2. The van der Waals surface area contributed by atoms with Crippen molar-refractivity contribution in [2.24, 2.45) is 0 Å². The van der Waals surface area contributed by atoms with E-state index in [0.717, 1.165) is 18.6 Å². The third-order valence-electron chi connectivity index (χ3n) is 4.87. The Morgan fingerprint density at radius 2 is 1.81 bits per heavy atom. The van der Waals surface area contributed by atoms with E-state index in [1.165, 1.54) is 24.1 Å². The number of rotatable bonds is 3. The minimum Gasteiger partial charge on any atom is -0.350 e. The zero-order valence-corrected chi connectivity index (χ0v) is 13.9. The number of halogens is 3. The van der Waals surface area contributed by atoms with E-state index in [1.54, 1.807) is 0 Å². The summed E-state index contributed by atoms with van der Waals surface area (Å²) in [5.74, 6) is 0.0489. The number of amides is 1. The summed E-state index contributed by atoms with van der Waals surface area (Å²) in [6, 6.07) is 2.09. The van der Waals surface area contributed by atoms with Gasteiger partial charge in [-0.25, -0.2) is 20.4 Å². The molecular weight excluding hydrogens is 365 g/mol. The second-order valence-corrected chi connectivity index (χ2v) is 6.46. The van der Waals surface area contributed by atoms with Crippen molar-refractivity contribution in [3.8, 4) is 0 Å². The van der Waals surface area contributed by atoms with Crippen LogP contribution in [-0.4, -0.2) is 51.2 Å². The summed E-state index contributed by atoms with van der Waals surface area (Å²) >= 11 is 0. The summed E-state index contributed by atoms with van der Waals surface area (Å²) in [6.07, 6.45) is 0.160. The normalized spacial score (nSPS) is 21.6. The third kappa shape index (κ3) is 3.14. The molecule has 2 N–H and O–H groups in total. The van der Waals surface area contributed by atoms with Crippen LogP contribution in [0.4, 0.5) is 24.9 Å². The van der Waals surface area contributed by atoms with Crippen LogP contribution in [0.3, 0.4) is 0 Å². The lowest BCUT2D eigenvalue weighted by atomic mass is 10.2. The molecule has 0 unspecified atom stereocenters. The molecule has 0 saturated carbocycles. The monoisotopic (exact) mass is 380 g/mol. The molecule has 2 saturated heterocycles. The van der Waals surface area contributed by atoms with Crippen molar-refractivity contribution in [3.63, 3.8) is 0 Å². The number of carbonyl (C=O) groups excluding carboxylic acids is 1. The number of nitrogens with zero attached hydrogens (tertiary/aromatic N) is 5. The van der Waals surface area contributed by atoms with E-state index in [0.29, 0.717) is 24.9 Å². The van der Waals surface area contributed by atoms with Gasteiger partial charge in [-0.1, -0.05) is 0 Å². The van der Waals surface area contributed by atoms with E-state index in [4.69, 9.17) is 5.21 Å². The van der Waals surface area contributed by atoms with Gasteiger partial charge in [-0.3, -0.25) is 10.0 Å². The second-order valence-electron chi connectivity index (χ2n) is 6.46. The average Bonchev–Trinajstić information content (AvgIpc) is 3.28. The van der Waals surface area contributed by atoms with Gasteiger partial charge in [0.2, 0.25) is 5.95 Å². The highest BCUT2D eigenvalue weighted by Crippen LogP contribution is 2.37. The largest absolute Gasteiger partial charge is 0.416 e. The summed E-state index contributed by atoms with van der Waals surface area (Å²) < 4.78 is 38.8. The Morgan fingerprint density at radius 3 is 2.41 bits per heavy atom. The minimum absolute atomic E-state index is 0.00926. The molecule has 27 heavy (non-hydrogen) atoms. The zero-order valence-electron chi connectivity index (χ0n) is 13.9. The Kier molecular flexibility index (Phi) is 4.10. The van der Waals surface area contributed by atoms with Crippen LogP contribution in [0.1, 0.15) is 22.3 Å². The van der Waals surface area contributed by atoms with Gasteiger partial charge in [-0.15, -0.1) is 0 Å². The summed E-state index contributed by atoms with van der Waals surface area (Å²) in [4.78, 5) is 27.6. The molecule has 2 bridgehead atoms. The molecule has 2 aliphatic rings. The van der Waals surface area contributed by atoms with E-state index in [1.807, 2.05) is 9.80 Å². The predicted octanol–water partition coefficient (Wildman–Crippen LogP) is 1.48. The standard InChI is InChI=1S/C16H15F3N6O2/c17-16(18,19)10-1-2-20-13(3-10)24-7-12-4-11(24)8-25(12)15-21-5-9(6-22-15)14(26)23-27/h1-3,5-6,11-12,27H,4,7-8H2,(H,23,26)/t11-,12+/m1/s1. The highest BCUT2D eigenvalue weighted by molar-refractivity contribution is 5.92. The quantitative estimate of drug-likeness (QED) is 0.615. The van der Waals surface area contributed by atoms with E-state index >= 15 is 0 Å². The first-order valence-corrected chi connectivity index (χ1v) is 8.20. The molecule has 2 aliphatic heterocycles. The molecule has 0 aromatic carbocycles. The van der Waals surface area contributed by atoms with Gasteiger partial charge in [-0.2, -0.15) is 13.2 Å². The Morgan fingerprint density at radius 1 is 1.15 bits per heavy atom. The molecule has 2 atom stereocenters. The van der Waals surface area contributed by atoms with Crippen LogP contribution >= 0.6 is 0 Å². The number of pyridine rings is 1. The highest BCUT2D eigenvalue weighted by Gasteiger charge is 2.45. The number of piperazine rings is 1. The van der Waals surface area contributed by atoms with Crippen molar-refractivity contribution in [3.05, 3.63) is 41.9 Å². The molecule has 4 heterocycles. The van der Waals surface area contributed by atoms with Crippen LogP contribution in [0.2, 0.25) is 0 Å².